The van der Waals surface area contributed by atoms with E-state index in [1.165, 1.54) is 12.3 Å². The molecule has 0 amide bonds. The second-order valence-corrected chi connectivity index (χ2v) is 4.16. The van der Waals surface area contributed by atoms with E-state index in [0.717, 1.165) is 18.5 Å². The summed E-state index contributed by atoms with van der Waals surface area (Å²) < 4.78 is 37.5. The van der Waals surface area contributed by atoms with Crippen LogP contribution in [0.15, 0.2) is 30.7 Å². The number of hydrogen-bond acceptors (Lipinski definition) is 4. The maximum Gasteiger partial charge on any atom is 0.417 e. The first-order valence-electron chi connectivity index (χ1n) is 5.65. The standard InChI is InChI=1S/C12H10F3N3O2/c13-12(14,15)9-3-8(5-16-6-9)1-2-10-4-11(19)7-17-18(10)20/h3-7,19H,1-2H2. The zero-order chi connectivity index (χ0) is 14.8. The van der Waals surface area contributed by atoms with Crippen molar-refractivity contribution < 1.29 is 23.1 Å². The van der Waals surface area contributed by atoms with Gasteiger partial charge in [-0.05, 0) is 18.1 Å². The van der Waals surface area contributed by atoms with E-state index in [2.05, 4.69) is 10.1 Å². The third kappa shape index (κ3) is 3.34. The van der Waals surface area contributed by atoms with Crippen molar-refractivity contribution in [2.75, 3.05) is 0 Å². The highest BCUT2D eigenvalue weighted by molar-refractivity contribution is 5.22. The summed E-state index contributed by atoms with van der Waals surface area (Å²) in [6, 6.07) is 2.21. The minimum absolute atomic E-state index is 0.147. The van der Waals surface area contributed by atoms with Gasteiger partial charge in [0.05, 0.1) is 11.6 Å². The van der Waals surface area contributed by atoms with Crippen LogP contribution in [0.25, 0.3) is 0 Å². The summed E-state index contributed by atoms with van der Waals surface area (Å²) in [5.41, 5.74) is -0.315. The Morgan fingerprint density at radius 3 is 2.60 bits per heavy atom. The number of nitrogens with zero attached hydrogens (tertiary/aromatic N) is 3. The van der Waals surface area contributed by atoms with E-state index in [1.807, 2.05) is 0 Å². The molecule has 106 valence electrons. The molecular formula is C12H10F3N3O2. The van der Waals surface area contributed by atoms with E-state index >= 15 is 0 Å². The van der Waals surface area contributed by atoms with Crippen molar-refractivity contribution in [2.45, 2.75) is 19.0 Å². The summed E-state index contributed by atoms with van der Waals surface area (Å²) in [5, 5.41) is 23.9. The van der Waals surface area contributed by atoms with Gasteiger partial charge in [0.25, 0.3) is 0 Å². The quantitative estimate of drug-likeness (QED) is 0.687. The second kappa shape index (κ2) is 5.32. The lowest BCUT2D eigenvalue weighted by atomic mass is 10.1. The van der Waals surface area contributed by atoms with Crippen LogP contribution in [0.1, 0.15) is 16.8 Å². The fourth-order valence-corrected chi connectivity index (χ4v) is 1.67. The zero-order valence-electron chi connectivity index (χ0n) is 10.1. The Morgan fingerprint density at radius 1 is 1.15 bits per heavy atom. The van der Waals surface area contributed by atoms with Crippen LogP contribution < -0.4 is 4.85 Å². The van der Waals surface area contributed by atoms with Crippen LogP contribution in [0.3, 0.4) is 0 Å². The molecule has 2 aromatic heterocycles. The van der Waals surface area contributed by atoms with Gasteiger partial charge in [-0.15, -0.1) is 0 Å². The Labute approximate surface area is 111 Å². The van der Waals surface area contributed by atoms with Gasteiger partial charge in [0.2, 0.25) is 5.69 Å². The summed E-state index contributed by atoms with van der Waals surface area (Å²) in [6.45, 7) is 0. The van der Waals surface area contributed by atoms with Gasteiger partial charge in [0.15, 0.2) is 0 Å². The van der Waals surface area contributed by atoms with Crippen molar-refractivity contribution >= 4 is 0 Å². The SMILES string of the molecule is [O-][n+]1ncc(O)cc1CCc1cncc(C(F)(F)F)c1. The van der Waals surface area contributed by atoms with Gasteiger partial charge in [0, 0.05) is 23.9 Å². The summed E-state index contributed by atoms with van der Waals surface area (Å²) in [7, 11) is 0. The second-order valence-electron chi connectivity index (χ2n) is 4.16. The molecule has 0 fully saturated rings. The molecule has 2 rings (SSSR count). The van der Waals surface area contributed by atoms with Gasteiger partial charge in [-0.25, -0.2) is 0 Å². The first kappa shape index (κ1) is 14.0. The van der Waals surface area contributed by atoms with E-state index in [4.69, 9.17) is 0 Å². The molecule has 0 atom stereocenters. The molecule has 2 heterocycles. The van der Waals surface area contributed by atoms with E-state index in [-0.39, 0.29) is 24.3 Å². The van der Waals surface area contributed by atoms with Crippen LogP contribution in [0, 0.1) is 5.21 Å². The van der Waals surface area contributed by atoms with Gasteiger partial charge in [0.1, 0.15) is 11.9 Å². The largest absolute Gasteiger partial charge is 0.594 e. The number of alkyl halides is 3. The molecule has 5 nitrogen and oxygen atoms in total. The summed E-state index contributed by atoms with van der Waals surface area (Å²) >= 11 is 0. The van der Waals surface area contributed by atoms with E-state index in [1.54, 1.807) is 0 Å². The number of hydrogen-bond donors (Lipinski definition) is 1. The molecule has 8 heteroatoms. The maximum atomic E-state index is 12.5. The summed E-state index contributed by atoms with van der Waals surface area (Å²) in [4.78, 5) is 3.85. The minimum atomic E-state index is -4.45. The lowest BCUT2D eigenvalue weighted by Gasteiger charge is -2.07. The normalized spacial score (nSPS) is 11.6. The molecule has 0 unspecified atom stereocenters. The third-order valence-corrected chi connectivity index (χ3v) is 2.65. The molecule has 1 N–H and O–H groups in total. The van der Waals surface area contributed by atoms with Gasteiger partial charge in [-0.3, -0.25) is 4.98 Å². The van der Waals surface area contributed by atoms with Crippen molar-refractivity contribution in [3.8, 4) is 5.75 Å². The summed E-state index contributed by atoms with van der Waals surface area (Å²) in [6.07, 6.45) is -1.08. The van der Waals surface area contributed by atoms with Crippen LogP contribution in [0.5, 0.6) is 5.75 Å². The molecular weight excluding hydrogens is 275 g/mol. The van der Waals surface area contributed by atoms with Crippen molar-refractivity contribution in [3.63, 3.8) is 0 Å². The molecule has 0 aliphatic heterocycles. The van der Waals surface area contributed by atoms with Crippen LogP contribution in [0.4, 0.5) is 13.2 Å². The highest BCUT2D eigenvalue weighted by atomic mass is 19.4. The van der Waals surface area contributed by atoms with Gasteiger partial charge >= 0.3 is 6.18 Å². The molecule has 2 aromatic rings. The van der Waals surface area contributed by atoms with E-state index < -0.39 is 11.7 Å². The van der Waals surface area contributed by atoms with Crippen molar-refractivity contribution in [2.24, 2.45) is 0 Å². The molecule has 0 saturated carbocycles. The van der Waals surface area contributed by atoms with Gasteiger partial charge in [-0.1, -0.05) is 4.85 Å². The van der Waals surface area contributed by atoms with Crippen LogP contribution in [-0.4, -0.2) is 15.2 Å². The Morgan fingerprint density at radius 2 is 1.90 bits per heavy atom. The number of pyridine rings is 1. The topological polar surface area (TPSA) is 73.0 Å². The lowest BCUT2D eigenvalue weighted by molar-refractivity contribution is -0.676. The van der Waals surface area contributed by atoms with Crippen molar-refractivity contribution in [3.05, 3.63) is 52.8 Å². The minimum Gasteiger partial charge on any atom is -0.594 e. The van der Waals surface area contributed by atoms with Gasteiger partial charge < -0.3 is 10.3 Å². The first-order valence-corrected chi connectivity index (χ1v) is 5.65. The Hall–Kier alpha value is -2.38. The monoisotopic (exact) mass is 285 g/mol. The molecule has 0 aromatic carbocycles. The van der Waals surface area contributed by atoms with Gasteiger partial charge in [-0.2, -0.15) is 13.2 Å². The Bertz CT molecular complexity index is 617. The fraction of sp³-hybridized carbons (Fsp3) is 0.250. The number of aromatic nitrogens is 3. The predicted molar refractivity (Wildman–Crippen MR) is 61.5 cm³/mol. The van der Waals surface area contributed by atoms with Crippen LogP contribution >= 0.6 is 0 Å². The molecule has 0 spiro atoms. The molecule has 20 heavy (non-hydrogen) atoms. The Kier molecular flexibility index (Phi) is 3.73. The number of aryl methyl sites for hydroxylation is 2. The lowest BCUT2D eigenvalue weighted by Crippen LogP contribution is -2.35. The van der Waals surface area contributed by atoms with Crippen LogP contribution in [0.2, 0.25) is 0 Å². The molecule has 0 aliphatic rings. The van der Waals surface area contributed by atoms with E-state index in [9.17, 15) is 23.5 Å². The predicted octanol–water partition coefficient (Wildman–Crippen LogP) is 1.62. The molecule has 0 radical (unpaired) electrons. The third-order valence-electron chi connectivity index (χ3n) is 2.65. The van der Waals surface area contributed by atoms with Crippen molar-refractivity contribution in [1.29, 1.82) is 0 Å². The molecule has 0 bridgehead atoms. The smallest absolute Gasteiger partial charge is 0.417 e. The summed E-state index contributed by atoms with van der Waals surface area (Å²) in [5.74, 6) is -0.172. The maximum absolute atomic E-state index is 12.5. The average Bonchev–Trinajstić information content (AvgIpc) is 2.39. The highest BCUT2D eigenvalue weighted by Gasteiger charge is 2.30. The number of halogens is 3. The van der Waals surface area contributed by atoms with Crippen LogP contribution in [-0.2, 0) is 19.0 Å². The molecule has 0 saturated heterocycles. The fourth-order valence-electron chi connectivity index (χ4n) is 1.67. The van der Waals surface area contributed by atoms with Crippen molar-refractivity contribution in [1.82, 2.24) is 10.1 Å². The zero-order valence-corrected chi connectivity index (χ0v) is 10.1. The van der Waals surface area contributed by atoms with E-state index in [0.29, 0.717) is 10.4 Å². The molecule has 0 aliphatic carbocycles. The first-order chi connectivity index (χ1) is 9.36. The highest BCUT2D eigenvalue weighted by Crippen LogP contribution is 2.29. The number of aromatic hydroxyl groups is 1. The average molecular weight is 285 g/mol. The number of rotatable bonds is 3. The Balaban J connectivity index is 2.13.